The summed E-state index contributed by atoms with van der Waals surface area (Å²) in [5, 5.41) is 12.9. The first-order valence-electron chi connectivity index (χ1n) is 7.22. The highest BCUT2D eigenvalue weighted by molar-refractivity contribution is 5.78. The number of carbonyl (C=O) groups excluding carboxylic acids is 1. The lowest BCUT2D eigenvalue weighted by atomic mass is 9.88. The number of aromatic amines is 1. The van der Waals surface area contributed by atoms with Gasteiger partial charge in [0.15, 0.2) is 0 Å². The van der Waals surface area contributed by atoms with Crippen LogP contribution in [0.5, 0.6) is 0 Å². The molecule has 0 aromatic carbocycles. The second-order valence-electron chi connectivity index (χ2n) is 5.84. The molecule has 1 amide bonds. The van der Waals surface area contributed by atoms with E-state index in [1.54, 1.807) is 20.8 Å². The molecule has 0 fully saturated rings. The molecule has 0 radical (unpaired) electrons. The van der Waals surface area contributed by atoms with Crippen LogP contribution in [0.3, 0.4) is 0 Å². The number of carbonyl (C=O) groups is 1. The quantitative estimate of drug-likeness (QED) is 0.725. The van der Waals surface area contributed by atoms with E-state index >= 15 is 0 Å². The van der Waals surface area contributed by atoms with Crippen molar-refractivity contribution in [3.8, 4) is 0 Å². The van der Waals surface area contributed by atoms with E-state index in [9.17, 15) is 14.7 Å². The van der Waals surface area contributed by atoms with Gasteiger partial charge in [0.25, 0.3) is 5.56 Å². The van der Waals surface area contributed by atoms with E-state index in [4.69, 9.17) is 0 Å². The van der Waals surface area contributed by atoms with Gasteiger partial charge in [0.1, 0.15) is 5.82 Å². The molecule has 2 atom stereocenters. The average Bonchev–Trinajstić information content (AvgIpc) is 2.39. The summed E-state index contributed by atoms with van der Waals surface area (Å²) in [6.45, 7) is 9.19. The highest BCUT2D eigenvalue weighted by Gasteiger charge is 2.27. The molecule has 0 saturated heterocycles. The molecule has 1 aromatic heterocycles. The number of aryl methyl sites for hydroxylation is 2. The molecule has 6 nitrogen and oxygen atoms in total. The molecule has 1 heterocycles. The summed E-state index contributed by atoms with van der Waals surface area (Å²) >= 11 is 0. The zero-order valence-electron chi connectivity index (χ0n) is 13.4. The van der Waals surface area contributed by atoms with Crippen LogP contribution in [0.4, 0.5) is 0 Å². The molecule has 0 spiro atoms. The first-order chi connectivity index (χ1) is 9.67. The van der Waals surface area contributed by atoms with Gasteiger partial charge >= 0.3 is 0 Å². The summed E-state index contributed by atoms with van der Waals surface area (Å²) in [6, 6.07) is 0. The Morgan fingerprint density at radius 1 is 1.48 bits per heavy atom. The summed E-state index contributed by atoms with van der Waals surface area (Å²) in [4.78, 5) is 30.5. The second-order valence-corrected chi connectivity index (χ2v) is 5.84. The Balaban J connectivity index is 2.70. The predicted molar refractivity (Wildman–Crippen MR) is 81.1 cm³/mol. The molecular weight excluding hydrogens is 270 g/mol. The smallest absolute Gasteiger partial charge is 0.254 e. The first kappa shape index (κ1) is 17.4. The van der Waals surface area contributed by atoms with Crippen LogP contribution in [0.1, 0.15) is 44.3 Å². The number of rotatable bonds is 6. The minimum Gasteiger partial charge on any atom is -0.388 e. The highest BCUT2D eigenvalue weighted by Crippen LogP contribution is 2.18. The van der Waals surface area contributed by atoms with Gasteiger partial charge in [0.05, 0.1) is 12.0 Å². The van der Waals surface area contributed by atoms with Gasteiger partial charge in [-0.3, -0.25) is 9.59 Å². The van der Waals surface area contributed by atoms with E-state index in [-0.39, 0.29) is 30.3 Å². The van der Waals surface area contributed by atoms with Crippen LogP contribution in [0.2, 0.25) is 0 Å². The van der Waals surface area contributed by atoms with E-state index in [0.29, 0.717) is 17.1 Å². The molecule has 1 aromatic rings. The largest absolute Gasteiger partial charge is 0.388 e. The Morgan fingerprint density at radius 3 is 2.62 bits per heavy atom. The van der Waals surface area contributed by atoms with Gasteiger partial charge in [-0.2, -0.15) is 0 Å². The fraction of sp³-hybridized carbons (Fsp3) is 0.667. The Labute approximate surface area is 125 Å². The third-order valence-electron chi connectivity index (χ3n) is 4.00. The number of nitrogens with one attached hydrogen (secondary N) is 2. The molecule has 0 aliphatic carbocycles. The van der Waals surface area contributed by atoms with E-state index in [0.717, 1.165) is 6.42 Å². The van der Waals surface area contributed by atoms with Gasteiger partial charge < -0.3 is 15.4 Å². The van der Waals surface area contributed by atoms with Crippen molar-refractivity contribution >= 4 is 5.91 Å². The summed E-state index contributed by atoms with van der Waals surface area (Å²) in [6.07, 6.45) is 0.786. The van der Waals surface area contributed by atoms with Crippen LogP contribution < -0.4 is 10.9 Å². The maximum Gasteiger partial charge on any atom is 0.254 e. The average molecular weight is 295 g/mol. The first-order valence-corrected chi connectivity index (χ1v) is 7.22. The number of nitrogens with zero attached hydrogens (tertiary/aromatic N) is 1. The van der Waals surface area contributed by atoms with E-state index in [1.807, 2.05) is 13.8 Å². The van der Waals surface area contributed by atoms with Crippen molar-refractivity contribution in [2.24, 2.45) is 5.92 Å². The molecule has 0 aliphatic heterocycles. The lowest BCUT2D eigenvalue weighted by molar-refractivity contribution is -0.122. The lowest BCUT2D eigenvalue weighted by Gasteiger charge is -2.29. The Hall–Kier alpha value is -1.69. The van der Waals surface area contributed by atoms with Gasteiger partial charge in [0, 0.05) is 17.8 Å². The van der Waals surface area contributed by atoms with Crippen LogP contribution in [0, 0.1) is 19.8 Å². The zero-order chi connectivity index (χ0) is 16.2. The van der Waals surface area contributed by atoms with Crippen molar-refractivity contribution in [1.29, 1.82) is 0 Å². The fourth-order valence-electron chi connectivity index (χ4n) is 2.07. The predicted octanol–water partition coefficient (Wildman–Crippen LogP) is 0.843. The van der Waals surface area contributed by atoms with E-state index in [2.05, 4.69) is 15.3 Å². The van der Waals surface area contributed by atoms with Crippen molar-refractivity contribution in [3.05, 3.63) is 27.4 Å². The minimum absolute atomic E-state index is 0.0367. The number of hydrogen-bond acceptors (Lipinski definition) is 4. The third-order valence-corrected chi connectivity index (χ3v) is 4.00. The Bertz CT molecular complexity index is 564. The van der Waals surface area contributed by atoms with Gasteiger partial charge in [-0.15, -0.1) is 0 Å². The SMILES string of the molecule is CCC(C)C(C)(O)CNC(=O)Cc1c(C)nc(C)[nH]c1=O. The van der Waals surface area contributed by atoms with E-state index in [1.165, 1.54) is 0 Å². The van der Waals surface area contributed by atoms with Crippen molar-refractivity contribution in [2.75, 3.05) is 6.54 Å². The highest BCUT2D eigenvalue weighted by atomic mass is 16.3. The molecular formula is C15H25N3O3. The summed E-state index contributed by atoms with van der Waals surface area (Å²) in [5.41, 5.74) is -0.331. The number of aromatic nitrogens is 2. The van der Waals surface area contributed by atoms with Crippen molar-refractivity contribution in [2.45, 2.75) is 53.1 Å². The maximum absolute atomic E-state index is 12.0. The minimum atomic E-state index is -0.961. The molecule has 1 rings (SSSR count). The molecule has 0 saturated carbocycles. The zero-order valence-corrected chi connectivity index (χ0v) is 13.4. The molecule has 2 unspecified atom stereocenters. The van der Waals surface area contributed by atoms with Crippen LogP contribution in [-0.4, -0.2) is 33.1 Å². The lowest BCUT2D eigenvalue weighted by Crippen LogP contribution is -2.45. The number of H-pyrrole nitrogens is 1. The van der Waals surface area contributed by atoms with Crippen LogP contribution in [-0.2, 0) is 11.2 Å². The molecule has 118 valence electrons. The Morgan fingerprint density at radius 2 is 2.10 bits per heavy atom. The van der Waals surface area contributed by atoms with Gasteiger partial charge in [-0.1, -0.05) is 20.3 Å². The van der Waals surface area contributed by atoms with Gasteiger partial charge in [-0.25, -0.2) is 4.98 Å². The second kappa shape index (κ2) is 6.85. The van der Waals surface area contributed by atoms with Crippen molar-refractivity contribution in [1.82, 2.24) is 15.3 Å². The van der Waals surface area contributed by atoms with Crippen LogP contribution >= 0.6 is 0 Å². The normalized spacial score (nSPS) is 15.3. The topological polar surface area (TPSA) is 95.1 Å². The summed E-state index contributed by atoms with van der Waals surface area (Å²) in [7, 11) is 0. The number of hydrogen-bond donors (Lipinski definition) is 3. The Kier molecular flexibility index (Phi) is 5.66. The third kappa shape index (κ3) is 4.67. The molecule has 0 bridgehead atoms. The standard InChI is InChI=1S/C15H25N3O3/c1-6-9(2)15(5,21)8-16-13(19)7-12-10(3)17-11(4)18-14(12)20/h9,21H,6-8H2,1-5H3,(H,16,19)(H,17,18,20). The summed E-state index contributed by atoms with van der Waals surface area (Å²) in [5.74, 6) is 0.308. The molecule has 21 heavy (non-hydrogen) atoms. The maximum atomic E-state index is 12.0. The van der Waals surface area contributed by atoms with Crippen LogP contribution in [0.15, 0.2) is 4.79 Å². The van der Waals surface area contributed by atoms with Gasteiger partial charge in [0.2, 0.25) is 5.91 Å². The molecule has 6 heteroatoms. The molecule has 0 aliphatic rings. The van der Waals surface area contributed by atoms with Crippen molar-refractivity contribution < 1.29 is 9.90 Å². The monoisotopic (exact) mass is 295 g/mol. The number of aliphatic hydroxyl groups is 1. The van der Waals surface area contributed by atoms with Gasteiger partial charge in [-0.05, 0) is 26.7 Å². The molecule has 3 N–H and O–H groups in total. The van der Waals surface area contributed by atoms with Crippen molar-refractivity contribution in [3.63, 3.8) is 0 Å². The summed E-state index contributed by atoms with van der Waals surface area (Å²) < 4.78 is 0. The number of amides is 1. The van der Waals surface area contributed by atoms with Crippen LogP contribution in [0.25, 0.3) is 0 Å². The van der Waals surface area contributed by atoms with E-state index < -0.39 is 5.60 Å². The fourth-order valence-corrected chi connectivity index (χ4v) is 2.07.